The van der Waals surface area contributed by atoms with Crippen molar-refractivity contribution in [2.45, 2.75) is 40.0 Å². The van der Waals surface area contributed by atoms with Crippen molar-refractivity contribution in [3.63, 3.8) is 0 Å². The summed E-state index contributed by atoms with van der Waals surface area (Å²) in [5.41, 5.74) is 4.43. The molecule has 22 heavy (non-hydrogen) atoms. The molecule has 1 amide bonds. The molecule has 0 radical (unpaired) electrons. The van der Waals surface area contributed by atoms with Gasteiger partial charge < -0.3 is 5.32 Å². The van der Waals surface area contributed by atoms with Crippen molar-refractivity contribution in [1.29, 1.82) is 0 Å². The molecule has 1 rings (SSSR count). The summed E-state index contributed by atoms with van der Waals surface area (Å²) in [6.45, 7) is 9.55. The topological polar surface area (TPSA) is 29.1 Å². The largest absolute Gasteiger partial charge is 0.328 e. The summed E-state index contributed by atoms with van der Waals surface area (Å²) in [5.74, 6) is -0.248. The first kappa shape index (κ1) is 17.9. The number of amides is 1. The molecule has 0 unspecified atom stereocenters. The molecule has 0 spiro atoms. The van der Waals surface area contributed by atoms with Crippen molar-refractivity contribution in [2.24, 2.45) is 0 Å². The molecule has 1 N–H and O–H groups in total. The third-order valence-electron chi connectivity index (χ3n) is 3.64. The smallest absolute Gasteiger partial charge is 0.211 e. The predicted octanol–water partition coefficient (Wildman–Crippen LogP) is 5.21. The minimum atomic E-state index is -0.248. The highest BCUT2D eigenvalue weighted by molar-refractivity contribution is 5.79. The number of nitrogens with one attached hydrogen (secondary N) is 1. The van der Waals surface area contributed by atoms with Gasteiger partial charge in [0.05, 0.1) is 0 Å². The first-order valence-electron chi connectivity index (χ1n) is 7.66. The van der Waals surface area contributed by atoms with Gasteiger partial charge in [-0.05, 0) is 59.7 Å². The Morgan fingerprint density at radius 3 is 2.23 bits per heavy atom. The average molecular weight is 301 g/mol. The molecule has 118 valence electrons. The Hall–Kier alpha value is -2.16. The number of carbonyl (C=O) groups excluding carboxylic acids is 1. The molecular weight excluding hydrogens is 277 g/mol. The van der Waals surface area contributed by atoms with Crippen LogP contribution in [0.2, 0.25) is 0 Å². The van der Waals surface area contributed by atoms with Crippen LogP contribution in [0.4, 0.5) is 10.1 Å². The molecule has 2 nitrogen and oxygen atoms in total. The Labute approximate surface area is 132 Å². The molecule has 0 atom stereocenters. The minimum absolute atomic E-state index is 0.248. The van der Waals surface area contributed by atoms with Crippen molar-refractivity contribution < 1.29 is 9.18 Å². The summed E-state index contributed by atoms with van der Waals surface area (Å²) in [6.07, 6.45) is 7.42. The van der Waals surface area contributed by atoms with E-state index in [1.54, 1.807) is 12.2 Å². The number of allylic oxidation sites excluding steroid dienone is 5. The van der Waals surface area contributed by atoms with Crippen LogP contribution in [-0.2, 0) is 17.6 Å². The normalized spacial score (nSPS) is 12.2. The number of anilines is 1. The number of carbonyl (C=O) groups is 1. The number of hydrogen-bond donors (Lipinski definition) is 1. The molecule has 0 aliphatic carbocycles. The fourth-order valence-electron chi connectivity index (χ4n) is 2.51. The second-order valence-electron chi connectivity index (χ2n) is 4.91. The Kier molecular flexibility index (Phi) is 7.30. The first-order valence-corrected chi connectivity index (χ1v) is 7.66. The van der Waals surface area contributed by atoms with E-state index < -0.39 is 0 Å². The molecule has 3 heteroatoms. The fourth-order valence-corrected chi connectivity index (χ4v) is 2.51. The molecule has 0 bridgehead atoms. The maximum absolute atomic E-state index is 14.3. The van der Waals surface area contributed by atoms with Crippen LogP contribution in [0.25, 0.3) is 5.57 Å². The molecule has 0 saturated carbocycles. The Morgan fingerprint density at radius 2 is 1.82 bits per heavy atom. The van der Waals surface area contributed by atoms with Gasteiger partial charge in [-0.1, -0.05) is 39.5 Å². The van der Waals surface area contributed by atoms with Crippen LogP contribution in [0.1, 0.15) is 43.9 Å². The molecule has 1 aromatic rings. The van der Waals surface area contributed by atoms with Gasteiger partial charge in [-0.2, -0.15) is 0 Å². The molecule has 0 heterocycles. The molecular formula is C19H24FNO. The summed E-state index contributed by atoms with van der Waals surface area (Å²) in [5, 5.41) is 2.78. The van der Waals surface area contributed by atoms with Gasteiger partial charge >= 0.3 is 0 Å². The molecule has 0 aliphatic heterocycles. The fraction of sp³-hybridized carbons (Fsp3) is 0.316. The van der Waals surface area contributed by atoms with Crippen molar-refractivity contribution >= 4 is 17.7 Å². The van der Waals surface area contributed by atoms with Gasteiger partial charge in [-0.15, -0.1) is 0 Å². The monoisotopic (exact) mass is 301 g/mol. The van der Waals surface area contributed by atoms with Crippen molar-refractivity contribution in [3.05, 3.63) is 59.5 Å². The van der Waals surface area contributed by atoms with Crippen molar-refractivity contribution in [2.75, 3.05) is 5.32 Å². The maximum Gasteiger partial charge on any atom is 0.211 e. The molecule has 1 aromatic carbocycles. The van der Waals surface area contributed by atoms with E-state index in [4.69, 9.17) is 0 Å². The lowest BCUT2D eigenvalue weighted by atomic mass is 9.93. The molecule has 0 fully saturated rings. The van der Waals surface area contributed by atoms with E-state index in [9.17, 15) is 9.18 Å². The Morgan fingerprint density at radius 1 is 1.23 bits per heavy atom. The van der Waals surface area contributed by atoms with E-state index in [1.165, 1.54) is 6.08 Å². The van der Waals surface area contributed by atoms with Gasteiger partial charge in [-0.25, -0.2) is 4.39 Å². The second kappa shape index (κ2) is 8.98. The van der Waals surface area contributed by atoms with Crippen LogP contribution >= 0.6 is 0 Å². The lowest BCUT2D eigenvalue weighted by Crippen LogP contribution is -2.04. The molecule has 0 aliphatic rings. The van der Waals surface area contributed by atoms with Gasteiger partial charge in [0.2, 0.25) is 6.41 Å². The van der Waals surface area contributed by atoms with E-state index in [0.29, 0.717) is 18.4 Å². The highest BCUT2D eigenvalue weighted by atomic mass is 19.1. The van der Waals surface area contributed by atoms with Crippen LogP contribution < -0.4 is 5.32 Å². The van der Waals surface area contributed by atoms with Crippen molar-refractivity contribution in [3.8, 4) is 0 Å². The van der Waals surface area contributed by atoms with E-state index in [0.717, 1.165) is 35.2 Å². The zero-order valence-electron chi connectivity index (χ0n) is 13.6. The van der Waals surface area contributed by atoms with Crippen LogP contribution in [0.5, 0.6) is 0 Å². The van der Waals surface area contributed by atoms with Crippen LogP contribution in [0.15, 0.2) is 42.8 Å². The average Bonchev–Trinajstić information content (AvgIpc) is 2.54. The minimum Gasteiger partial charge on any atom is -0.328 e. The second-order valence-corrected chi connectivity index (χ2v) is 4.91. The number of rotatable bonds is 8. The summed E-state index contributed by atoms with van der Waals surface area (Å²) >= 11 is 0. The predicted molar refractivity (Wildman–Crippen MR) is 92.5 cm³/mol. The number of hydrogen-bond acceptors (Lipinski definition) is 1. The van der Waals surface area contributed by atoms with E-state index in [-0.39, 0.29) is 5.83 Å². The van der Waals surface area contributed by atoms with Gasteiger partial charge in [0.25, 0.3) is 0 Å². The summed E-state index contributed by atoms with van der Waals surface area (Å²) in [6, 6.07) is 3.93. The number of halogens is 1. The summed E-state index contributed by atoms with van der Waals surface area (Å²) in [4.78, 5) is 10.8. The quantitative estimate of drug-likeness (QED) is 0.518. The maximum atomic E-state index is 14.3. The molecule has 0 aromatic heterocycles. The zero-order valence-corrected chi connectivity index (χ0v) is 13.6. The van der Waals surface area contributed by atoms with Gasteiger partial charge in [-0.3, -0.25) is 4.79 Å². The Bertz CT molecular complexity index is 574. The highest BCUT2D eigenvalue weighted by Gasteiger charge is 2.12. The summed E-state index contributed by atoms with van der Waals surface area (Å²) < 4.78 is 14.3. The number of aryl methyl sites for hydroxylation is 2. The third kappa shape index (κ3) is 4.17. The lowest BCUT2D eigenvalue weighted by molar-refractivity contribution is -0.105. The lowest BCUT2D eigenvalue weighted by Gasteiger charge is -2.16. The SMILES string of the molecule is C=C/C=C\C(F)=C(/CC)c1cc(CC)c(NC=O)c(CC)c1. The van der Waals surface area contributed by atoms with E-state index in [1.807, 2.05) is 32.9 Å². The zero-order chi connectivity index (χ0) is 16.5. The van der Waals surface area contributed by atoms with Crippen LogP contribution in [-0.4, -0.2) is 6.41 Å². The number of benzene rings is 1. The van der Waals surface area contributed by atoms with Gasteiger partial charge in [0, 0.05) is 5.69 Å². The van der Waals surface area contributed by atoms with E-state index in [2.05, 4.69) is 11.9 Å². The third-order valence-corrected chi connectivity index (χ3v) is 3.64. The standard InChI is InChI=1S/C19H24FNO/c1-5-9-10-18(20)17(8-4)16-11-14(6-2)19(21-13-22)15(7-3)12-16/h5,9-13H,1,6-8H2,2-4H3,(H,21,22)/b10-9-,18-17-. The van der Waals surface area contributed by atoms with Crippen LogP contribution in [0, 0.1) is 0 Å². The van der Waals surface area contributed by atoms with Crippen LogP contribution in [0.3, 0.4) is 0 Å². The molecule has 0 saturated heterocycles. The van der Waals surface area contributed by atoms with Gasteiger partial charge in [0.15, 0.2) is 0 Å². The van der Waals surface area contributed by atoms with E-state index >= 15 is 0 Å². The summed E-state index contributed by atoms with van der Waals surface area (Å²) in [7, 11) is 0. The Balaban J connectivity index is 3.49. The van der Waals surface area contributed by atoms with Gasteiger partial charge in [0.1, 0.15) is 5.83 Å². The first-order chi connectivity index (χ1) is 10.6. The highest BCUT2D eigenvalue weighted by Crippen LogP contribution is 2.31. The van der Waals surface area contributed by atoms with Crippen molar-refractivity contribution in [1.82, 2.24) is 0 Å².